The van der Waals surface area contributed by atoms with Gasteiger partial charge in [-0.05, 0) is 58.2 Å². The van der Waals surface area contributed by atoms with Crippen LogP contribution >= 0.6 is 0 Å². The number of amides is 1. The third-order valence-corrected chi connectivity index (χ3v) is 4.26. The highest BCUT2D eigenvalue weighted by atomic mass is 16.5. The Morgan fingerprint density at radius 2 is 2.18 bits per heavy atom. The number of likely N-dealkylation sites (tertiary alicyclic amines) is 1. The maximum atomic E-state index is 12.4. The lowest BCUT2D eigenvalue weighted by Crippen LogP contribution is -2.43. The number of rotatable bonds is 6. The van der Waals surface area contributed by atoms with Crippen molar-refractivity contribution in [3.8, 4) is 5.75 Å². The molecule has 22 heavy (non-hydrogen) atoms. The van der Waals surface area contributed by atoms with Crippen LogP contribution in [0.3, 0.4) is 0 Å². The first kappa shape index (κ1) is 16.8. The van der Waals surface area contributed by atoms with Crippen LogP contribution in [-0.4, -0.2) is 43.1 Å². The molecule has 4 nitrogen and oxygen atoms in total. The van der Waals surface area contributed by atoms with E-state index in [-0.39, 0.29) is 5.91 Å². The fraction of sp³-hybridized carbons (Fsp3) is 0.611. The average molecular weight is 304 g/mol. The van der Waals surface area contributed by atoms with Crippen molar-refractivity contribution in [1.82, 2.24) is 10.2 Å². The summed E-state index contributed by atoms with van der Waals surface area (Å²) in [6.45, 7) is 9.95. The second kappa shape index (κ2) is 8.18. The lowest BCUT2D eigenvalue weighted by Gasteiger charge is -2.35. The molecule has 1 aliphatic heterocycles. The van der Waals surface area contributed by atoms with Crippen LogP contribution < -0.4 is 10.1 Å². The quantitative estimate of drug-likeness (QED) is 0.878. The highest BCUT2D eigenvalue weighted by Gasteiger charge is 2.22. The van der Waals surface area contributed by atoms with E-state index in [4.69, 9.17) is 4.74 Å². The Bertz CT molecular complexity index is 488. The smallest absolute Gasteiger partial charge is 0.255 e. The molecular formula is C18H28N2O2. The molecule has 0 saturated carbocycles. The van der Waals surface area contributed by atoms with E-state index in [2.05, 4.69) is 24.1 Å². The molecule has 1 fully saturated rings. The second-order valence-corrected chi connectivity index (χ2v) is 6.24. The summed E-state index contributed by atoms with van der Waals surface area (Å²) in [7, 11) is 0. The van der Waals surface area contributed by atoms with Gasteiger partial charge in [0.15, 0.2) is 0 Å². The Morgan fingerprint density at radius 3 is 2.91 bits per heavy atom. The van der Waals surface area contributed by atoms with Gasteiger partial charge in [-0.3, -0.25) is 4.79 Å². The maximum Gasteiger partial charge on any atom is 0.255 e. The van der Waals surface area contributed by atoms with Gasteiger partial charge < -0.3 is 15.0 Å². The van der Waals surface area contributed by atoms with Gasteiger partial charge in [-0.25, -0.2) is 0 Å². The summed E-state index contributed by atoms with van der Waals surface area (Å²) >= 11 is 0. The van der Waals surface area contributed by atoms with E-state index in [1.165, 1.54) is 19.4 Å². The number of para-hydroxylation sites is 1. The van der Waals surface area contributed by atoms with Crippen LogP contribution in [0.4, 0.5) is 0 Å². The van der Waals surface area contributed by atoms with Gasteiger partial charge in [-0.2, -0.15) is 0 Å². The van der Waals surface area contributed by atoms with Crippen molar-refractivity contribution in [3.63, 3.8) is 0 Å². The Morgan fingerprint density at radius 1 is 1.41 bits per heavy atom. The number of carbonyl (C=O) groups is 1. The van der Waals surface area contributed by atoms with Crippen LogP contribution in [0.2, 0.25) is 0 Å². The number of carbonyl (C=O) groups excluding carboxylic acids is 1. The van der Waals surface area contributed by atoms with E-state index in [1.807, 2.05) is 31.2 Å². The summed E-state index contributed by atoms with van der Waals surface area (Å²) in [6, 6.07) is 8.01. The van der Waals surface area contributed by atoms with E-state index < -0.39 is 0 Å². The van der Waals surface area contributed by atoms with Crippen molar-refractivity contribution in [1.29, 1.82) is 0 Å². The number of nitrogens with one attached hydrogen (secondary N) is 1. The first-order valence-corrected chi connectivity index (χ1v) is 8.36. The minimum absolute atomic E-state index is 0.0364. The molecule has 1 saturated heterocycles. The van der Waals surface area contributed by atoms with Crippen LogP contribution in [0, 0.1) is 5.92 Å². The van der Waals surface area contributed by atoms with Gasteiger partial charge in [-0.1, -0.05) is 12.1 Å². The number of ether oxygens (including phenoxy) is 1. The van der Waals surface area contributed by atoms with Gasteiger partial charge in [0, 0.05) is 19.1 Å². The van der Waals surface area contributed by atoms with E-state index in [0.29, 0.717) is 29.9 Å². The molecule has 0 aliphatic carbocycles. The molecule has 0 radical (unpaired) electrons. The predicted octanol–water partition coefficient (Wildman–Crippen LogP) is 2.94. The van der Waals surface area contributed by atoms with Crippen LogP contribution in [0.15, 0.2) is 24.3 Å². The summed E-state index contributed by atoms with van der Waals surface area (Å²) in [5.74, 6) is 1.17. The summed E-state index contributed by atoms with van der Waals surface area (Å²) in [4.78, 5) is 14.9. The minimum atomic E-state index is -0.0364. The molecule has 0 aromatic heterocycles. The number of hydrogen-bond donors (Lipinski definition) is 1. The standard InChI is InChI=1S/C18H28N2O2/c1-4-22-17-10-6-5-9-16(17)18(21)19-12-15-8-7-11-20(13-15)14(2)3/h5-6,9-10,14-15H,4,7-8,11-13H2,1-3H3,(H,19,21)/t15-/m0/s1. The molecule has 1 amide bonds. The number of hydrogen-bond acceptors (Lipinski definition) is 3. The summed E-state index contributed by atoms with van der Waals surface area (Å²) in [5.41, 5.74) is 0.626. The third-order valence-electron chi connectivity index (χ3n) is 4.26. The van der Waals surface area contributed by atoms with Crippen molar-refractivity contribution >= 4 is 5.91 Å². The van der Waals surface area contributed by atoms with Gasteiger partial charge in [0.25, 0.3) is 5.91 Å². The fourth-order valence-electron chi connectivity index (χ4n) is 3.00. The zero-order valence-electron chi connectivity index (χ0n) is 14.0. The molecule has 1 N–H and O–H groups in total. The number of benzene rings is 1. The second-order valence-electron chi connectivity index (χ2n) is 6.24. The zero-order chi connectivity index (χ0) is 15.9. The van der Waals surface area contributed by atoms with E-state index in [9.17, 15) is 4.79 Å². The van der Waals surface area contributed by atoms with Crippen molar-refractivity contribution in [2.75, 3.05) is 26.2 Å². The number of nitrogens with zero attached hydrogens (tertiary/aromatic N) is 1. The Hall–Kier alpha value is -1.55. The SMILES string of the molecule is CCOc1ccccc1C(=O)NC[C@@H]1CCCN(C(C)C)C1. The molecule has 1 aromatic carbocycles. The van der Waals surface area contributed by atoms with Gasteiger partial charge in [0.1, 0.15) is 5.75 Å². The van der Waals surface area contributed by atoms with Crippen molar-refractivity contribution in [3.05, 3.63) is 29.8 Å². The molecule has 1 heterocycles. The van der Waals surface area contributed by atoms with Crippen LogP contribution in [0.1, 0.15) is 44.0 Å². The molecule has 0 unspecified atom stereocenters. The first-order chi connectivity index (χ1) is 10.6. The molecule has 0 bridgehead atoms. The highest BCUT2D eigenvalue weighted by molar-refractivity contribution is 5.96. The summed E-state index contributed by atoms with van der Waals surface area (Å²) < 4.78 is 5.53. The summed E-state index contributed by atoms with van der Waals surface area (Å²) in [5, 5.41) is 3.08. The van der Waals surface area contributed by atoms with Crippen molar-refractivity contribution < 1.29 is 9.53 Å². The van der Waals surface area contributed by atoms with E-state index >= 15 is 0 Å². The number of piperidine rings is 1. The topological polar surface area (TPSA) is 41.6 Å². The Balaban J connectivity index is 1.90. The maximum absolute atomic E-state index is 12.4. The average Bonchev–Trinajstić information content (AvgIpc) is 2.53. The van der Waals surface area contributed by atoms with Crippen LogP contribution in [-0.2, 0) is 0 Å². The molecule has 1 atom stereocenters. The molecule has 2 rings (SSSR count). The third kappa shape index (κ3) is 4.47. The van der Waals surface area contributed by atoms with Gasteiger partial charge in [0.05, 0.1) is 12.2 Å². The first-order valence-electron chi connectivity index (χ1n) is 8.36. The molecule has 1 aliphatic rings. The molecular weight excluding hydrogens is 276 g/mol. The highest BCUT2D eigenvalue weighted by Crippen LogP contribution is 2.20. The zero-order valence-corrected chi connectivity index (χ0v) is 14.0. The molecule has 122 valence electrons. The lowest BCUT2D eigenvalue weighted by atomic mass is 9.97. The monoisotopic (exact) mass is 304 g/mol. The van der Waals surface area contributed by atoms with Crippen LogP contribution in [0.25, 0.3) is 0 Å². The molecule has 0 spiro atoms. The predicted molar refractivity (Wildman–Crippen MR) is 89.4 cm³/mol. The lowest BCUT2D eigenvalue weighted by molar-refractivity contribution is 0.0919. The van der Waals surface area contributed by atoms with Gasteiger partial charge >= 0.3 is 0 Å². The van der Waals surface area contributed by atoms with E-state index in [1.54, 1.807) is 0 Å². The Kier molecular flexibility index (Phi) is 6.25. The van der Waals surface area contributed by atoms with Crippen LogP contribution in [0.5, 0.6) is 5.75 Å². The molecule has 4 heteroatoms. The normalized spacial score (nSPS) is 19.2. The fourth-order valence-corrected chi connectivity index (χ4v) is 3.00. The minimum Gasteiger partial charge on any atom is -0.493 e. The molecule has 1 aromatic rings. The van der Waals surface area contributed by atoms with Gasteiger partial charge in [-0.15, -0.1) is 0 Å². The van der Waals surface area contributed by atoms with Gasteiger partial charge in [0.2, 0.25) is 0 Å². The Labute approximate surface area is 133 Å². The van der Waals surface area contributed by atoms with E-state index in [0.717, 1.165) is 13.1 Å². The van der Waals surface area contributed by atoms with Crippen molar-refractivity contribution in [2.24, 2.45) is 5.92 Å². The summed E-state index contributed by atoms with van der Waals surface area (Å²) in [6.07, 6.45) is 2.41. The largest absolute Gasteiger partial charge is 0.493 e. The van der Waals surface area contributed by atoms with Crippen molar-refractivity contribution in [2.45, 2.75) is 39.7 Å².